The number of carbonyl (C=O) groups excluding carboxylic acids is 2. The molecule has 1 aliphatic heterocycles. The molecule has 1 aliphatic rings. The normalized spacial score (nSPS) is 17.4. The summed E-state index contributed by atoms with van der Waals surface area (Å²) in [6.45, 7) is 1.97. The highest BCUT2D eigenvalue weighted by molar-refractivity contribution is 6.03. The minimum absolute atomic E-state index is 0.0137. The largest absolute Gasteiger partial charge is 0.497 e. The number of halogens is 2. The third-order valence-corrected chi connectivity index (χ3v) is 4.45. The molecule has 5 nitrogen and oxygen atoms in total. The molecule has 0 bridgehead atoms. The van der Waals surface area contributed by atoms with Gasteiger partial charge >= 0.3 is 0 Å². The lowest BCUT2D eigenvalue weighted by Gasteiger charge is -2.39. The third kappa shape index (κ3) is 3.24. The van der Waals surface area contributed by atoms with Crippen molar-refractivity contribution in [2.45, 2.75) is 13.0 Å². The number of hydrogen-bond acceptors (Lipinski definition) is 3. The fourth-order valence-corrected chi connectivity index (χ4v) is 2.99. The van der Waals surface area contributed by atoms with E-state index in [2.05, 4.69) is 0 Å². The Labute approximate surface area is 149 Å². The molecule has 1 saturated heterocycles. The second-order valence-corrected chi connectivity index (χ2v) is 5.99. The molecule has 7 heteroatoms. The number of methoxy groups -OCH3 is 1. The van der Waals surface area contributed by atoms with Crippen LogP contribution in [-0.2, 0) is 4.79 Å². The predicted octanol–water partition coefficient (Wildman–Crippen LogP) is 2.85. The number of benzene rings is 2. The molecule has 0 aromatic heterocycles. The fourth-order valence-electron chi connectivity index (χ4n) is 2.99. The molecule has 0 N–H and O–H groups in total. The molecule has 1 heterocycles. The van der Waals surface area contributed by atoms with Gasteiger partial charge in [-0.05, 0) is 43.3 Å². The molecule has 0 saturated carbocycles. The summed E-state index contributed by atoms with van der Waals surface area (Å²) in [6, 6.07) is 8.91. The van der Waals surface area contributed by atoms with Crippen molar-refractivity contribution in [1.29, 1.82) is 0 Å². The van der Waals surface area contributed by atoms with Crippen LogP contribution in [0.15, 0.2) is 42.5 Å². The van der Waals surface area contributed by atoms with Gasteiger partial charge in [-0.25, -0.2) is 8.78 Å². The van der Waals surface area contributed by atoms with Crippen LogP contribution in [0.3, 0.4) is 0 Å². The average Bonchev–Trinajstić information content (AvgIpc) is 2.64. The quantitative estimate of drug-likeness (QED) is 0.846. The molecule has 2 aromatic rings. The van der Waals surface area contributed by atoms with Gasteiger partial charge in [-0.3, -0.25) is 9.59 Å². The van der Waals surface area contributed by atoms with Crippen molar-refractivity contribution in [3.05, 3.63) is 59.7 Å². The second kappa shape index (κ2) is 7.11. The highest BCUT2D eigenvalue weighted by Gasteiger charge is 2.36. The zero-order valence-corrected chi connectivity index (χ0v) is 14.4. The Morgan fingerprint density at radius 2 is 1.81 bits per heavy atom. The summed E-state index contributed by atoms with van der Waals surface area (Å²) in [5.41, 5.74) is 0.451. The summed E-state index contributed by atoms with van der Waals surface area (Å²) in [4.78, 5) is 28.1. The summed E-state index contributed by atoms with van der Waals surface area (Å²) in [7, 11) is 1.53. The zero-order chi connectivity index (χ0) is 18.8. The maximum Gasteiger partial charge on any atom is 0.254 e. The second-order valence-electron chi connectivity index (χ2n) is 5.99. The van der Waals surface area contributed by atoms with Gasteiger partial charge in [-0.2, -0.15) is 0 Å². The Morgan fingerprint density at radius 3 is 2.42 bits per heavy atom. The van der Waals surface area contributed by atoms with Crippen molar-refractivity contribution in [2.24, 2.45) is 0 Å². The van der Waals surface area contributed by atoms with E-state index in [4.69, 9.17) is 4.74 Å². The van der Waals surface area contributed by atoms with Crippen molar-refractivity contribution < 1.29 is 23.1 Å². The summed E-state index contributed by atoms with van der Waals surface area (Å²) < 4.78 is 32.2. The number of ether oxygens (including phenoxy) is 1. The zero-order valence-electron chi connectivity index (χ0n) is 14.4. The molecule has 136 valence electrons. The van der Waals surface area contributed by atoms with E-state index in [-0.39, 0.29) is 24.7 Å². The summed E-state index contributed by atoms with van der Waals surface area (Å²) >= 11 is 0. The van der Waals surface area contributed by atoms with Gasteiger partial charge in [0.25, 0.3) is 5.91 Å². The SMILES string of the molecule is COc1ccc(C(=O)N2CCN(c3ccc(F)cc3F)C(=O)C2C)cc1. The number of nitrogens with zero attached hydrogens (tertiary/aromatic N) is 2. The maximum absolute atomic E-state index is 14.0. The van der Waals surface area contributed by atoms with Gasteiger partial charge in [0, 0.05) is 24.7 Å². The first kappa shape index (κ1) is 17.8. The van der Waals surface area contributed by atoms with Gasteiger partial charge in [0.1, 0.15) is 23.4 Å². The number of piperazine rings is 1. The summed E-state index contributed by atoms with van der Waals surface area (Å²) in [5, 5.41) is 0. The number of carbonyl (C=O) groups is 2. The lowest BCUT2D eigenvalue weighted by Crippen LogP contribution is -2.58. The van der Waals surface area contributed by atoms with Crippen LogP contribution in [0.5, 0.6) is 5.75 Å². The van der Waals surface area contributed by atoms with Crippen LogP contribution < -0.4 is 9.64 Å². The lowest BCUT2D eigenvalue weighted by molar-refractivity contribution is -0.124. The smallest absolute Gasteiger partial charge is 0.254 e. The van der Waals surface area contributed by atoms with Crippen molar-refractivity contribution in [2.75, 3.05) is 25.1 Å². The van der Waals surface area contributed by atoms with Crippen LogP contribution in [0.4, 0.5) is 14.5 Å². The predicted molar refractivity (Wildman–Crippen MR) is 92.2 cm³/mol. The standard InChI is InChI=1S/C19H18F2N2O3/c1-12-18(24)23(17-8-5-14(20)11-16(17)21)10-9-22(12)19(25)13-3-6-15(26-2)7-4-13/h3-8,11-12H,9-10H2,1-2H3. The van der Waals surface area contributed by atoms with E-state index in [1.807, 2.05) is 0 Å². The van der Waals surface area contributed by atoms with Crippen molar-refractivity contribution in [3.8, 4) is 5.75 Å². The van der Waals surface area contributed by atoms with Crippen LogP contribution in [0, 0.1) is 11.6 Å². The maximum atomic E-state index is 14.0. The van der Waals surface area contributed by atoms with E-state index in [1.165, 1.54) is 23.0 Å². The van der Waals surface area contributed by atoms with E-state index >= 15 is 0 Å². The first-order valence-electron chi connectivity index (χ1n) is 8.14. The minimum Gasteiger partial charge on any atom is -0.497 e. The Bertz CT molecular complexity index is 839. The molecule has 0 aliphatic carbocycles. The van der Waals surface area contributed by atoms with E-state index < -0.39 is 23.6 Å². The monoisotopic (exact) mass is 360 g/mol. The molecular weight excluding hydrogens is 342 g/mol. The number of amides is 2. The highest BCUT2D eigenvalue weighted by Crippen LogP contribution is 2.25. The van der Waals surface area contributed by atoms with Gasteiger partial charge in [0.05, 0.1) is 12.8 Å². The van der Waals surface area contributed by atoms with E-state index in [0.29, 0.717) is 11.3 Å². The molecule has 2 amide bonds. The van der Waals surface area contributed by atoms with Crippen LogP contribution in [0.25, 0.3) is 0 Å². The molecule has 2 aromatic carbocycles. The van der Waals surface area contributed by atoms with E-state index in [9.17, 15) is 18.4 Å². The molecule has 1 unspecified atom stereocenters. The molecule has 1 fully saturated rings. The Kier molecular flexibility index (Phi) is 4.88. The average molecular weight is 360 g/mol. The van der Waals surface area contributed by atoms with Gasteiger partial charge in [-0.15, -0.1) is 0 Å². The first-order chi connectivity index (χ1) is 12.4. The Hall–Kier alpha value is -2.96. The molecule has 0 radical (unpaired) electrons. The van der Waals surface area contributed by atoms with Crippen LogP contribution in [-0.4, -0.2) is 43.0 Å². The van der Waals surface area contributed by atoms with Crippen LogP contribution in [0.2, 0.25) is 0 Å². The Morgan fingerprint density at radius 1 is 1.12 bits per heavy atom. The molecule has 0 spiro atoms. The number of anilines is 1. The molecule has 1 atom stereocenters. The number of rotatable bonds is 3. The lowest BCUT2D eigenvalue weighted by atomic mass is 10.1. The highest BCUT2D eigenvalue weighted by atomic mass is 19.1. The molecular formula is C19H18F2N2O3. The topological polar surface area (TPSA) is 49.9 Å². The summed E-state index contributed by atoms with van der Waals surface area (Å²) in [5.74, 6) is -1.58. The van der Waals surface area contributed by atoms with Gasteiger partial charge < -0.3 is 14.5 Å². The van der Waals surface area contributed by atoms with Gasteiger partial charge in [-0.1, -0.05) is 0 Å². The van der Waals surface area contributed by atoms with Crippen molar-refractivity contribution in [1.82, 2.24) is 4.90 Å². The first-order valence-corrected chi connectivity index (χ1v) is 8.14. The number of hydrogen-bond donors (Lipinski definition) is 0. The van der Waals surface area contributed by atoms with Gasteiger partial charge in [0.2, 0.25) is 5.91 Å². The van der Waals surface area contributed by atoms with Crippen LogP contribution in [0.1, 0.15) is 17.3 Å². The van der Waals surface area contributed by atoms with E-state index in [1.54, 1.807) is 31.2 Å². The van der Waals surface area contributed by atoms with Crippen LogP contribution >= 0.6 is 0 Å². The minimum atomic E-state index is -0.805. The summed E-state index contributed by atoms with van der Waals surface area (Å²) in [6.07, 6.45) is 0. The molecule has 3 rings (SSSR count). The third-order valence-electron chi connectivity index (χ3n) is 4.45. The van der Waals surface area contributed by atoms with Gasteiger partial charge in [0.15, 0.2) is 0 Å². The molecule has 26 heavy (non-hydrogen) atoms. The van der Waals surface area contributed by atoms with Crippen molar-refractivity contribution >= 4 is 17.5 Å². The van der Waals surface area contributed by atoms with Crippen molar-refractivity contribution in [3.63, 3.8) is 0 Å². The van der Waals surface area contributed by atoms with E-state index in [0.717, 1.165) is 12.1 Å². The Balaban J connectivity index is 1.79. The fraction of sp³-hybridized carbons (Fsp3) is 0.263.